The number of ether oxygens (including phenoxy) is 1. The molecule has 1 fully saturated rings. The van der Waals surface area contributed by atoms with Crippen LogP contribution in [0.1, 0.15) is 5.56 Å². The van der Waals surface area contributed by atoms with E-state index in [0.29, 0.717) is 12.5 Å². The Morgan fingerprint density at radius 1 is 1.08 bits per heavy atom. The predicted octanol–water partition coefficient (Wildman–Crippen LogP) is 1.63. The zero-order valence-corrected chi connectivity index (χ0v) is 13.7. The smallest absolute Gasteiger partial charge is 0.223 e. The van der Waals surface area contributed by atoms with Crippen LogP contribution in [0.15, 0.2) is 42.9 Å². The number of anilines is 1. The average molecular weight is 334 g/mol. The van der Waals surface area contributed by atoms with E-state index in [4.69, 9.17) is 9.84 Å². The Labute approximate surface area is 145 Å². The van der Waals surface area contributed by atoms with Crippen LogP contribution in [-0.4, -0.2) is 45.9 Å². The molecule has 2 aliphatic heterocycles. The van der Waals surface area contributed by atoms with E-state index in [0.717, 1.165) is 54.5 Å². The van der Waals surface area contributed by atoms with Crippen LogP contribution in [-0.2, 0) is 6.61 Å². The fourth-order valence-electron chi connectivity index (χ4n) is 3.30. The van der Waals surface area contributed by atoms with Crippen molar-refractivity contribution in [1.29, 1.82) is 0 Å². The molecule has 0 aliphatic carbocycles. The normalized spacial score (nSPS) is 16.1. The first-order chi connectivity index (χ1) is 12.4. The van der Waals surface area contributed by atoms with Crippen LogP contribution < -0.4 is 15.0 Å². The molecule has 0 atom stereocenters. The molecular formula is C18H18N6O. The molecule has 0 unspecified atom stereocenters. The molecular weight excluding hydrogens is 316 g/mol. The van der Waals surface area contributed by atoms with E-state index < -0.39 is 0 Å². The SMILES string of the molecule is c1cnc2c(c1)-c1nn(-c3ccc(N4CCNCC4)nc3)cc1CO2. The van der Waals surface area contributed by atoms with Gasteiger partial charge in [0.15, 0.2) is 0 Å². The Bertz CT molecular complexity index is 898. The lowest BCUT2D eigenvalue weighted by Crippen LogP contribution is -2.43. The third kappa shape index (κ3) is 2.53. The molecule has 5 rings (SSSR count). The third-order valence-electron chi connectivity index (χ3n) is 4.62. The summed E-state index contributed by atoms with van der Waals surface area (Å²) in [5.41, 5.74) is 3.87. The summed E-state index contributed by atoms with van der Waals surface area (Å²) in [6.07, 6.45) is 5.62. The summed E-state index contributed by atoms with van der Waals surface area (Å²) >= 11 is 0. The molecule has 1 saturated heterocycles. The monoisotopic (exact) mass is 334 g/mol. The summed E-state index contributed by atoms with van der Waals surface area (Å²) < 4.78 is 7.57. The van der Waals surface area contributed by atoms with Crippen molar-refractivity contribution in [3.8, 4) is 22.8 Å². The van der Waals surface area contributed by atoms with Gasteiger partial charge >= 0.3 is 0 Å². The van der Waals surface area contributed by atoms with Crippen molar-refractivity contribution in [2.45, 2.75) is 6.61 Å². The second-order valence-corrected chi connectivity index (χ2v) is 6.20. The van der Waals surface area contributed by atoms with Crippen LogP contribution in [0.3, 0.4) is 0 Å². The van der Waals surface area contributed by atoms with Crippen LogP contribution in [0.2, 0.25) is 0 Å². The van der Waals surface area contributed by atoms with Gasteiger partial charge in [0.2, 0.25) is 5.88 Å². The minimum Gasteiger partial charge on any atom is -0.472 e. The Balaban J connectivity index is 1.46. The van der Waals surface area contributed by atoms with Gasteiger partial charge in [-0.1, -0.05) is 0 Å². The highest BCUT2D eigenvalue weighted by Gasteiger charge is 2.22. The van der Waals surface area contributed by atoms with Crippen molar-refractivity contribution in [1.82, 2.24) is 25.1 Å². The van der Waals surface area contributed by atoms with Gasteiger partial charge < -0.3 is 15.0 Å². The van der Waals surface area contributed by atoms with Crippen LogP contribution in [0.4, 0.5) is 5.82 Å². The minimum atomic E-state index is 0.492. The molecule has 0 bridgehead atoms. The summed E-state index contributed by atoms with van der Waals surface area (Å²) in [5, 5.41) is 8.09. The lowest BCUT2D eigenvalue weighted by Gasteiger charge is -2.28. The maximum Gasteiger partial charge on any atom is 0.223 e. The van der Waals surface area contributed by atoms with Gasteiger partial charge in [-0.25, -0.2) is 14.6 Å². The summed E-state index contributed by atoms with van der Waals surface area (Å²) in [5.74, 6) is 1.66. The van der Waals surface area contributed by atoms with Crippen LogP contribution in [0, 0.1) is 0 Å². The highest BCUT2D eigenvalue weighted by Crippen LogP contribution is 2.34. The number of rotatable bonds is 2. The Morgan fingerprint density at radius 2 is 2.00 bits per heavy atom. The molecule has 7 nitrogen and oxygen atoms in total. The van der Waals surface area contributed by atoms with Crippen molar-refractivity contribution in [3.63, 3.8) is 0 Å². The topological polar surface area (TPSA) is 68.1 Å². The molecule has 0 saturated carbocycles. The quantitative estimate of drug-likeness (QED) is 0.768. The number of piperazine rings is 1. The average Bonchev–Trinajstić information content (AvgIpc) is 3.14. The summed E-state index contributed by atoms with van der Waals surface area (Å²) in [7, 11) is 0. The van der Waals surface area contributed by atoms with Gasteiger partial charge in [0.05, 0.1) is 17.4 Å². The van der Waals surface area contributed by atoms with E-state index in [9.17, 15) is 0 Å². The first-order valence-electron chi connectivity index (χ1n) is 8.47. The fourth-order valence-corrected chi connectivity index (χ4v) is 3.30. The number of aromatic nitrogens is 4. The summed E-state index contributed by atoms with van der Waals surface area (Å²) in [6, 6.07) is 8.02. The van der Waals surface area contributed by atoms with E-state index in [1.807, 2.05) is 29.2 Å². The highest BCUT2D eigenvalue weighted by molar-refractivity contribution is 5.69. The number of nitrogens with zero attached hydrogens (tertiary/aromatic N) is 5. The van der Waals surface area contributed by atoms with Crippen LogP contribution in [0.25, 0.3) is 16.9 Å². The number of hydrogen-bond donors (Lipinski definition) is 1. The first-order valence-corrected chi connectivity index (χ1v) is 8.47. The Kier molecular flexibility index (Phi) is 3.38. The standard InChI is InChI=1S/C18H18N6O/c1-2-15-17-13(12-25-18(15)20-5-1)11-24(22-17)14-3-4-16(21-10-14)23-8-6-19-7-9-23/h1-5,10-11,19H,6-9,12H2. The Morgan fingerprint density at radius 3 is 2.84 bits per heavy atom. The molecule has 25 heavy (non-hydrogen) atoms. The van der Waals surface area contributed by atoms with E-state index in [2.05, 4.69) is 32.3 Å². The maximum absolute atomic E-state index is 5.70. The molecule has 5 heterocycles. The van der Waals surface area contributed by atoms with Gasteiger partial charge in [-0.3, -0.25) is 0 Å². The second-order valence-electron chi connectivity index (χ2n) is 6.20. The van der Waals surface area contributed by atoms with Crippen LogP contribution >= 0.6 is 0 Å². The molecule has 2 aliphatic rings. The zero-order chi connectivity index (χ0) is 16.6. The van der Waals surface area contributed by atoms with E-state index in [1.54, 1.807) is 6.20 Å². The fraction of sp³-hybridized carbons (Fsp3) is 0.278. The molecule has 126 valence electrons. The van der Waals surface area contributed by atoms with Gasteiger partial charge in [-0.2, -0.15) is 5.10 Å². The summed E-state index contributed by atoms with van der Waals surface area (Å²) in [4.78, 5) is 11.2. The number of hydrogen-bond acceptors (Lipinski definition) is 6. The van der Waals surface area contributed by atoms with Crippen molar-refractivity contribution in [2.24, 2.45) is 0 Å². The number of fused-ring (bicyclic) bond motifs is 3. The number of pyridine rings is 2. The maximum atomic E-state index is 5.70. The lowest BCUT2D eigenvalue weighted by molar-refractivity contribution is 0.290. The van der Waals surface area contributed by atoms with Gasteiger partial charge in [-0.15, -0.1) is 0 Å². The van der Waals surface area contributed by atoms with Gasteiger partial charge in [0.1, 0.15) is 18.1 Å². The van der Waals surface area contributed by atoms with Crippen molar-refractivity contribution in [2.75, 3.05) is 31.1 Å². The second kappa shape index (κ2) is 5.86. The Hall–Kier alpha value is -2.93. The van der Waals surface area contributed by atoms with Gasteiger partial charge in [0.25, 0.3) is 0 Å². The minimum absolute atomic E-state index is 0.492. The molecule has 0 spiro atoms. The molecule has 1 N–H and O–H groups in total. The van der Waals surface area contributed by atoms with Crippen molar-refractivity contribution < 1.29 is 4.74 Å². The molecule has 3 aromatic heterocycles. The zero-order valence-electron chi connectivity index (χ0n) is 13.7. The van der Waals surface area contributed by atoms with Gasteiger partial charge in [-0.05, 0) is 24.3 Å². The first kappa shape index (κ1) is 14.4. The van der Waals surface area contributed by atoms with E-state index >= 15 is 0 Å². The molecule has 0 aromatic carbocycles. The molecule has 0 radical (unpaired) electrons. The van der Waals surface area contributed by atoms with Gasteiger partial charge in [0, 0.05) is 44.1 Å². The van der Waals surface area contributed by atoms with E-state index in [1.165, 1.54) is 0 Å². The van der Waals surface area contributed by atoms with Crippen molar-refractivity contribution in [3.05, 3.63) is 48.4 Å². The molecule has 7 heteroatoms. The predicted molar refractivity (Wildman–Crippen MR) is 94.0 cm³/mol. The molecule has 0 amide bonds. The summed E-state index contributed by atoms with van der Waals surface area (Å²) in [6.45, 7) is 4.48. The highest BCUT2D eigenvalue weighted by atomic mass is 16.5. The molecule has 3 aromatic rings. The number of nitrogens with one attached hydrogen (secondary N) is 1. The van der Waals surface area contributed by atoms with Crippen molar-refractivity contribution >= 4 is 5.82 Å². The third-order valence-corrected chi connectivity index (χ3v) is 4.62. The lowest BCUT2D eigenvalue weighted by atomic mass is 10.1. The van der Waals surface area contributed by atoms with E-state index in [-0.39, 0.29) is 0 Å². The van der Waals surface area contributed by atoms with Crippen LogP contribution in [0.5, 0.6) is 5.88 Å². The largest absolute Gasteiger partial charge is 0.472 e.